The van der Waals surface area contributed by atoms with Crippen molar-refractivity contribution >= 4 is 17.6 Å². The molecule has 0 heterocycles. The summed E-state index contributed by atoms with van der Waals surface area (Å²) in [6.45, 7) is 4.97. The Balaban J connectivity index is 3.03. The molecule has 1 aromatic rings. The predicted octanol–water partition coefficient (Wildman–Crippen LogP) is 4.31. The zero-order valence-electron chi connectivity index (χ0n) is 10.1. The number of alkyl halides is 3. The zero-order valence-corrected chi connectivity index (χ0v) is 10.8. The van der Waals surface area contributed by atoms with Crippen LogP contribution in [0.4, 0.5) is 13.2 Å². The molecule has 0 aliphatic carbocycles. The minimum Gasteiger partial charge on any atom is -0.456 e. The van der Waals surface area contributed by atoms with Crippen molar-refractivity contribution in [2.45, 2.75) is 32.5 Å². The van der Waals surface area contributed by atoms with Crippen LogP contribution in [0.1, 0.15) is 36.7 Å². The SMILES string of the molecule is CC(C)(C)OC(=O)c1ccc(C(F)(F)F)cc1Cl. The highest BCUT2D eigenvalue weighted by atomic mass is 35.5. The van der Waals surface area contributed by atoms with Gasteiger partial charge in [-0.05, 0) is 39.0 Å². The molecule has 0 radical (unpaired) electrons. The van der Waals surface area contributed by atoms with Gasteiger partial charge in [-0.2, -0.15) is 13.2 Å². The number of carbonyl (C=O) groups excluding carboxylic acids is 1. The van der Waals surface area contributed by atoms with Crippen molar-refractivity contribution in [2.24, 2.45) is 0 Å². The number of halogens is 4. The van der Waals surface area contributed by atoms with Crippen molar-refractivity contribution in [1.29, 1.82) is 0 Å². The van der Waals surface area contributed by atoms with Gasteiger partial charge in [0.1, 0.15) is 5.60 Å². The van der Waals surface area contributed by atoms with Crippen LogP contribution < -0.4 is 0 Å². The van der Waals surface area contributed by atoms with Crippen molar-refractivity contribution in [2.75, 3.05) is 0 Å². The van der Waals surface area contributed by atoms with Gasteiger partial charge < -0.3 is 4.74 Å². The second kappa shape index (κ2) is 4.80. The van der Waals surface area contributed by atoms with Gasteiger partial charge in [-0.1, -0.05) is 11.6 Å². The molecule has 0 saturated heterocycles. The Morgan fingerprint density at radius 2 is 1.78 bits per heavy atom. The summed E-state index contributed by atoms with van der Waals surface area (Å²) in [4.78, 5) is 11.7. The highest BCUT2D eigenvalue weighted by molar-refractivity contribution is 6.33. The normalized spacial score (nSPS) is 12.4. The first-order valence-electron chi connectivity index (χ1n) is 5.11. The fourth-order valence-electron chi connectivity index (χ4n) is 1.19. The van der Waals surface area contributed by atoms with Crippen molar-refractivity contribution in [3.05, 3.63) is 34.3 Å². The van der Waals surface area contributed by atoms with Crippen LogP contribution in [0.3, 0.4) is 0 Å². The molecule has 0 N–H and O–H groups in total. The molecule has 2 nitrogen and oxygen atoms in total. The fraction of sp³-hybridized carbons (Fsp3) is 0.417. The lowest BCUT2D eigenvalue weighted by atomic mass is 10.1. The summed E-state index contributed by atoms with van der Waals surface area (Å²) in [5.41, 5.74) is -1.72. The monoisotopic (exact) mass is 280 g/mol. The summed E-state index contributed by atoms with van der Waals surface area (Å²) < 4.78 is 42.2. The Labute approximate surface area is 108 Å². The minimum atomic E-state index is -4.49. The molecule has 0 aromatic heterocycles. The lowest BCUT2D eigenvalue weighted by Gasteiger charge is -2.20. The molecule has 6 heteroatoms. The van der Waals surface area contributed by atoms with Gasteiger partial charge in [-0.15, -0.1) is 0 Å². The highest BCUT2D eigenvalue weighted by Crippen LogP contribution is 2.32. The third-order valence-corrected chi connectivity index (χ3v) is 2.23. The first-order valence-corrected chi connectivity index (χ1v) is 5.48. The zero-order chi connectivity index (χ0) is 14.1. The van der Waals surface area contributed by atoms with E-state index in [1.54, 1.807) is 20.8 Å². The second-order valence-corrected chi connectivity index (χ2v) is 5.10. The largest absolute Gasteiger partial charge is 0.456 e. The van der Waals surface area contributed by atoms with E-state index in [-0.39, 0.29) is 10.6 Å². The lowest BCUT2D eigenvalue weighted by molar-refractivity contribution is -0.137. The van der Waals surface area contributed by atoms with Gasteiger partial charge in [0, 0.05) is 0 Å². The Hall–Kier alpha value is -1.23. The summed E-state index contributed by atoms with van der Waals surface area (Å²) in [5, 5.41) is -0.279. The second-order valence-electron chi connectivity index (χ2n) is 4.69. The predicted molar refractivity (Wildman–Crippen MR) is 61.6 cm³/mol. The number of rotatable bonds is 1. The van der Waals surface area contributed by atoms with E-state index in [4.69, 9.17) is 16.3 Å². The van der Waals surface area contributed by atoms with Crippen molar-refractivity contribution < 1.29 is 22.7 Å². The number of hydrogen-bond donors (Lipinski definition) is 0. The van der Waals surface area contributed by atoms with E-state index in [9.17, 15) is 18.0 Å². The molecule has 1 rings (SSSR count). The van der Waals surface area contributed by atoms with E-state index < -0.39 is 23.3 Å². The van der Waals surface area contributed by atoms with Crippen LogP contribution in [-0.2, 0) is 10.9 Å². The molecule has 0 atom stereocenters. The fourth-order valence-corrected chi connectivity index (χ4v) is 1.45. The average Bonchev–Trinajstić information content (AvgIpc) is 2.12. The molecule has 0 spiro atoms. The maximum atomic E-state index is 12.4. The van der Waals surface area contributed by atoms with Crippen molar-refractivity contribution in [3.8, 4) is 0 Å². The maximum Gasteiger partial charge on any atom is 0.416 e. The smallest absolute Gasteiger partial charge is 0.416 e. The van der Waals surface area contributed by atoms with Crippen LogP contribution in [0.25, 0.3) is 0 Å². The van der Waals surface area contributed by atoms with Crippen LogP contribution in [0.15, 0.2) is 18.2 Å². The molecule has 18 heavy (non-hydrogen) atoms. The van der Waals surface area contributed by atoms with Crippen LogP contribution in [0.5, 0.6) is 0 Å². The van der Waals surface area contributed by atoms with Crippen molar-refractivity contribution in [1.82, 2.24) is 0 Å². The van der Waals surface area contributed by atoms with E-state index in [1.165, 1.54) is 0 Å². The van der Waals surface area contributed by atoms with E-state index >= 15 is 0 Å². The first-order chi connectivity index (χ1) is 8.00. The summed E-state index contributed by atoms with van der Waals surface area (Å²) >= 11 is 5.66. The van der Waals surface area contributed by atoms with Crippen LogP contribution in [-0.4, -0.2) is 11.6 Å². The van der Waals surface area contributed by atoms with Gasteiger partial charge in [0.15, 0.2) is 0 Å². The van der Waals surface area contributed by atoms with Gasteiger partial charge in [0.05, 0.1) is 16.1 Å². The first kappa shape index (κ1) is 14.8. The molecule has 0 amide bonds. The maximum absolute atomic E-state index is 12.4. The van der Waals surface area contributed by atoms with Crippen LogP contribution >= 0.6 is 11.6 Å². The van der Waals surface area contributed by atoms with E-state index in [1.807, 2.05) is 0 Å². The number of benzene rings is 1. The number of carbonyl (C=O) groups is 1. The molecule has 0 unspecified atom stereocenters. The summed E-state index contributed by atoms with van der Waals surface area (Å²) in [5.74, 6) is -0.749. The van der Waals surface area contributed by atoms with E-state index in [2.05, 4.69) is 0 Å². The summed E-state index contributed by atoms with van der Waals surface area (Å²) in [7, 11) is 0. The molecular formula is C12H12ClF3O2. The van der Waals surface area contributed by atoms with Gasteiger partial charge in [0.25, 0.3) is 0 Å². The third kappa shape index (κ3) is 3.91. The highest BCUT2D eigenvalue weighted by Gasteiger charge is 2.31. The molecule has 0 aliphatic rings. The van der Waals surface area contributed by atoms with Gasteiger partial charge in [-0.3, -0.25) is 0 Å². The van der Waals surface area contributed by atoms with Gasteiger partial charge in [0.2, 0.25) is 0 Å². The number of ether oxygens (including phenoxy) is 1. The van der Waals surface area contributed by atoms with Gasteiger partial charge in [-0.25, -0.2) is 4.79 Å². The lowest BCUT2D eigenvalue weighted by Crippen LogP contribution is -2.24. The van der Waals surface area contributed by atoms with Crippen LogP contribution in [0.2, 0.25) is 5.02 Å². The Bertz CT molecular complexity index is 461. The standard InChI is InChI=1S/C12H12ClF3O2/c1-11(2,3)18-10(17)8-5-4-7(6-9(8)13)12(14,15)16/h4-6H,1-3H3. The summed E-state index contributed by atoms with van der Waals surface area (Å²) in [6.07, 6.45) is -4.49. The topological polar surface area (TPSA) is 26.3 Å². The van der Waals surface area contributed by atoms with Gasteiger partial charge >= 0.3 is 12.1 Å². The van der Waals surface area contributed by atoms with E-state index in [0.717, 1.165) is 12.1 Å². The summed E-state index contributed by atoms with van der Waals surface area (Å²) in [6, 6.07) is 2.52. The third-order valence-electron chi connectivity index (χ3n) is 1.92. The molecule has 0 fully saturated rings. The average molecular weight is 281 g/mol. The molecule has 100 valence electrons. The molecule has 0 bridgehead atoms. The number of esters is 1. The Morgan fingerprint density at radius 3 is 2.17 bits per heavy atom. The van der Waals surface area contributed by atoms with Crippen LogP contribution in [0, 0.1) is 0 Å². The molecular weight excluding hydrogens is 269 g/mol. The Kier molecular flexibility index (Phi) is 3.96. The molecule has 0 aliphatic heterocycles. The minimum absolute atomic E-state index is 0.0837. The molecule has 1 aromatic carbocycles. The van der Waals surface area contributed by atoms with Crippen molar-refractivity contribution in [3.63, 3.8) is 0 Å². The molecule has 0 saturated carbocycles. The number of hydrogen-bond acceptors (Lipinski definition) is 2. The Morgan fingerprint density at radius 1 is 1.22 bits per heavy atom. The quantitative estimate of drug-likeness (QED) is 0.716. The van der Waals surface area contributed by atoms with E-state index in [0.29, 0.717) is 6.07 Å².